The number of nitrogens with one attached hydrogen (secondary N) is 3. The van der Waals surface area contributed by atoms with Crippen molar-refractivity contribution in [2.75, 3.05) is 13.1 Å². The zero-order chi connectivity index (χ0) is 15.9. The fourth-order valence-electron chi connectivity index (χ4n) is 2.44. The van der Waals surface area contributed by atoms with Crippen molar-refractivity contribution in [3.05, 3.63) is 0 Å². The molecule has 21 heavy (non-hydrogen) atoms. The molecule has 2 unspecified atom stereocenters. The van der Waals surface area contributed by atoms with Gasteiger partial charge in [0.25, 0.3) is 0 Å². The summed E-state index contributed by atoms with van der Waals surface area (Å²) in [6.45, 7) is 6.60. The van der Waals surface area contributed by atoms with Crippen molar-refractivity contribution in [1.29, 1.82) is 0 Å². The van der Waals surface area contributed by atoms with Gasteiger partial charge < -0.3 is 25.8 Å². The normalized spacial score (nSPS) is 22.4. The van der Waals surface area contributed by atoms with Crippen molar-refractivity contribution in [3.63, 3.8) is 0 Å². The summed E-state index contributed by atoms with van der Waals surface area (Å²) < 4.78 is 5.14. The van der Waals surface area contributed by atoms with Crippen LogP contribution in [0.1, 0.15) is 46.5 Å². The Labute approximate surface area is 125 Å². The van der Waals surface area contributed by atoms with Gasteiger partial charge in [-0.25, -0.2) is 9.59 Å². The molecule has 122 valence electrons. The Morgan fingerprint density at radius 3 is 2.48 bits per heavy atom. The fourth-order valence-corrected chi connectivity index (χ4v) is 2.44. The number of carbonyl (C=O) groups excluding carboxylic acids is 1. The van der Waals surface area contributed by atoms with Gasteiger partial charge in [0, 0.05) is 25.2 Å². The lowest BCUT2D eigenvalue weighted by molar-refractivity contribution is 0.0527. The third-order valence-corrected chi connectivity index (χ3v) is 3.23. The van der Waals surface area contributed by atoms with Gasteiger partial charge >= 0.3 is 12.2 Å². The van der Waals surface area contributed by atoms with Crippen molar-refractivity contribution >= 4 is 12.2 Å². The molecule has 0 bridgehead atoms. The number of hydrogen-bond acceptors (Lipinski definition) is 4. The molecule has 0 aromatic carbocycles. The highest BCUT2D eigenvalue weighted by Crippen LogP contribution is 2.18. The van der Waals surface area contributed by atoms with Gasteiger partial charge in [0.05, 0.1) is 0 Å². The molecule has 7 heteroatoms. The molecule has 1 saturated carbocycles. The maximum atomic E-state index is 11.4. The first-order valence-corrected chi connectivity index (χ1v) is 7.46. The molecule has 1 fully saturated rings. The Morgan fingerprint density at radius 1 is 1.19 bits per heavy atom. The molecule has 1 aliphatic rings. The summed E-state index contributed by atoms with van der Waals surface area (Å²) in [4.78, 5) is 22.1. The minimum atomic E-state index is -0.966. The van der Waals surface area contributed by atoms with E-state index in [-0.39, 0.29) is 12.1 Å². The zero-order valence-electron chi connectivity index (χ0n) is 13.1. The Kier molecular flexibility index (Phi) is 6.74. The highest BCUT2D eigenvalue weighted by molar-refractivity contribution is 5.67. The molecule has 1 aliphatic carbocycles. The summed E-state index contributed by atoms with van der Waals surface area (Å²) in [5.41, 5.74) is -0.489. The summed E-state index contributed by atoms with van der Waals surface area (Å²) in [6.07, 6.45) is 2.33. The van der Waals surface area contributed by atoms with Gasteiger partial charge in [-0.2, -0.15) is 0 Å². The highest BCUT2D eigenvalue weighted by atomic mass is 16.6. The first-order valence-electron chi connectivity index (χ1n) is 7.46. The molecule has 2 atom stereocenters. The van der Waals surface area contributed by atoms with E-state index in [0.29, 0.717) is 13.1 Å². The average molecular weight is 301 g/mol. The van der Waals surface area contributed by atoms with Crippen LogP contribution < -0.4 is 16.0 Å². The van der Waals surface area contributed by atoms with Crippen molar-refractivity contribution in [2.24, 2.45) is 0 Å². The molecule has 0 aromatic heterocycles. The number of carbonyl (C=O) groups is 2. The van der Waals surface area contributed by atoms with Crippen LogP contribution >= 0.6 is 0 Å². The van der Waals surface area contributed by atoms with Gasteiger partial charge in [0.2, 0.25) is 0 Å². The van der Waals surface area contributed by atoms with Crippen molar-refractivity contribution in [1.82, 2.24) is 16.0 Å². The van der Waals surface area contributed by atoms with Crippen molar-refractivity contribution in [2.45, 2.75) is 64.1 Å². The van der Waals surface area contributed by atoms with Gasteiger partial charge in [0.1, 0.15) is 5.60 Å². The lowest BCUT2D eigenvalue weighted by Crippen LogP contribution is -2.45. The maximum absolute atomic E-state index is 11.4. The first kappa shape index (κ1) is 17.6. The van der Waals surface area contributed by atoms with E-state index < -0.39 is 17.8 Å². The van der Waals surface area contributed by atoms with E-state index in [9.17, 15) is 9.59 Å². The topological polar surface area (TPSA) is 99.7 Å². The van der Waals surface area contributed by atoms with E-state index in [1.807, 2.05) is 20.8 Å². The Balaban J connectivity index is 2.15. The SMILES string of the molecule is CC(C)(C)OC(=O)NCCNC1CCCC(NC(=O)O)C1. The summed E-state index contributed by atoms with van der Waals surface area (Å²) >= 11 is 0. The molecule has 4 N–H and O–H groups in total. The molecule has 7 nitrogen and oxygen atoms in total. The van der Waals surface area contributed by atoms with Gasteiger partial charge in [-0.15, -0.1) is 0 Å². The average Bonchev–Trinajstić information content (AvgIpc) is 2.32. The fraction of sp³-hybridized carbons (Fsp3) is 0.857. The van der Waals surface area contributed by atoms with Crippen LogP contribution in [0.4, 0.5) is 9.59 Å². The summed E-state index contributed by atoms with van der Waals surface area (Å²) in [5, 5.41) is 17.3. The molecule has 0 spiro atoms. The molecule has 0 aromatic rings. The molecule has 0 radical (unpaired) electrons. The highest BCUT2D eigenvalue weighted by Gasteiger charge is 2.22. The number of hydrogen-bond donors (Lipinski definition) is 4. The Morgan fingerprint density at radius 2 is 1.86 bits per heavy atom. The molecule has 2 amide bonds. The predicted octanol–water partition coefficient (Wildman–Crippen LogP) is 1.68. The van der Waals surface area contributed by atoms with Crippen molar-refractivity contribution < 1.29 is 19.4 Å². The van der Waals surface area contributed by atoms with Gasteiger partial charge in [-0.05, 0) is 46.5 Å². The van der Waals surface area contributed by atoms with E-state index in [2.05, 4.69) is 16.0 Å². The zero-order valence-corrected chi connectivity index (χ0v) is 13.1. The molecule has 0 saturated heterocycles. The molecular formula is C14H27N3O4. The van der Waals surface area contributed by atoms with Crippen LogP contribution in [0.2, 0.25) is 0 Å². The molecule has 0 heterocycles. The Bertz CT molecular complexity index is 355. The maximum Gasteiger partial charge on any atom is 0.407 e. The number of ether oxygens (including phenoxy) is 1. The van der Waals surface area contributed by atoms with Gasteiger partial charge in [-0.3, -0.25) is 0 Å². The van der Waals surface area contributed by atoms with Gasteiger partial charge in [0.15, 0.2) is 0 Å². The largest absolute Gasteiger partial charge is 0.465 e. The molecule has 1 rings (SSSR count). The third-order valence-electron chi connectivity index (χ3n) is 3.23. The summed E-state index contributed by atoms with van der Waals surface area (Å²) in [5.74, 6) is 0. The lowest BCUT2D eigenvalue weighted by atomic mass is 9.91. The second-order valence-electron chi connectivity index (χ2n) is 6.39. The van der Waals surface area contributed by atoms with E-state index in [1.54, 1.807) is 0 Å². The second kappa shape index (κ2) is 8.07. The third kappa shape index (κ3) is 8.39. The van der Waals surface area contributed by atoms with Crippen LogP contribution in [0.5, 0.6) is 0 Å². The van der Waals surface area contributed by atoms with Crippen LogP contribution in [-0.4, -0.2) is 48.1 Å². The quantitative estimate of drug-likeness (QED) is 0.579. The minimum absolute atomic E-state index is 0.0209. The van der Waals surface area contributed by atoms with Gasteiger partial charge in [-0.1, -0.05) is 0 Å². The molecule has 0 aliphatic heterocycles. The van der Waals surface area contributed by atoms with Crippen molar-refractivity contribution in [3.8, 4) is 0 Å². The van der Waals surface area contributed by atoms with E-state index >= 15 is 0 Å². The first-order chi connectivity index (χ1) is 9.76. The minimum Gasteiger partial charge on any atom is -0.465 e. The standard InChI is InChI=1S/C14H27N3O4/c1-14(2,3)21-13(20)16-8-7-15-10-5-4-6-11(9-10)17-12(18)19/h10-11,15,17H,4-9H2,1-3H3,(H,16,20)(H,18,19). The second-order valence-corrected chi connectivity index (χ2v) is 6.39. The van der Waals surface area contributed by atoms with E-state index in [4.69, 9.17) is 9.84 Å². The van der Waals surface area contributed by atoms with Crippen LogP contribution in [0.3, 0.4) is 0 Å². The summed E-state index contributed by atoms with van der Waals surface area (Å²) in [7, 11) is 0. The summed E-state index contributed by atoms with van der Waals surface area (Å²) in [6, 6.07) is 0.309. The van der Waals surface area contributed by atoms with Crippen LogP contribution in [0.25, 0.3) is 0 Å². The van der Waals surface area contributed by atoms with E-state index in [1.165, 1.54) is 0 Å². The van der Waals surface area contributed by atoms with Crippen LogP contribution in [-0.2, 0) is 4.74 Å². The van der Waals surface area contributed by atoms with E-state index in [0.717, 1.165) is 25.7 Å². The van der Waals surface area contributed by atoms with Crippen LogP contribution in [0.15, 0.2) is 0 Å². The number of amides is 2. The smallest absolute Gasteiger partial charge is 0.407 e. The number of rotatable bonds is 5. The number of alkyl carbamates (subject to hydrolysis) is 1. The molecular weight excluding hydrogens is 274 g/mol. The monoisotopic (exact) mass is 301 g/mol. The lowest BCUT2D eigenvalue weighted by Gasteiger charge is -2.29. The Hall–Kier alpha value is -1.50. The number of carboxylic acid groups (broad SMARTS) is 1. The predicted molar refractivity (Wildman–Crippen MR) is 79.4 cm³/mol. The van der Waals surface area contributed by atoms with Crippen LogP contribution in [0, 0.1) is 0 Å².